The van der Waals surface area contributed by atoms with Crippen LogP contribution in [0.5, 0.6) is 0 Å². The lowest BCUT2D eigenvalue weighted by molar-refractivity contribution is -0.137. The highest BCUT2D eigenvalue weighted by Gasteiger charge is 2.30. The van der Waals surface area contributed by atoms with E-state index in [4.69, 9.17) is 16.9 Å². The second kappa shape index (κ2) is 4.94. The van der Waals surface area contributed by atoms with Crippen LogP contribution >= 0.6 is 11.6 Å². The number of rotatable bonds is 1. The largest absolute Gasteiger partial charge is 0.416 e. The number of alkyl halides is 3. The van der Waals surface area contributed by atoms with Crippen LogP contribution in [0, 0.1) is 11.3 Å². The van der Waals surface area contributed by atoms with Gasteiger partial charge in [0.1, 0.15) is 6.07 Å². The predicted octanol–water partition coefficient (Wildman–Crippen LogP) is 4.90. The maximum absolute atomic E-state index is 12.6. The summed E-state index contributed by atoms with van der Waals surface area (Å²) in [6.45, 7) is 0. The summed E-state index contributed by atoms with van der Waals surface area (Å²) in [6.07, 6.45) is -4.38. The first kappa shape index (κ1) is 13.4. The van der Waals surface area contributed by atoms with Gasteiger partial charge in [-0.1, -0.05) is 29.8 Å². The Hall–Kier alpha value is -1.99. The minimum atomic E-state index is -4.38. The van der Waals surface area contributed by atoms with Gasteiger partial charge in [-0.2, -0.15) is 18.4 Å². The Morgan fingerprint density at radius 2 is 1.68 bits per heavy atom. The molecule has 0 unspecified atom stereocenters. The Bertz CT molecular complexity index is 656. The van der Waals surface area contributed by atoms with Gasteiger partial charge in [0.2, 0.25) is 0 Å². The van der Waals surface area contributed by atoms with Gasteiger partial charge in [0, 0.05) is 0 Å². The van der Waals surface area contributed by atoms with Gasteiger partial charge in [-0.15, -0.1) is 0 Å². The molecular formula is C14H7ClF3N. The molecular weight excluding hydrogens is 275 g/mol. The van der Waals surface area contributed by atoms with Crippen LogP contribution in [0.1, 0.15) is 11.1 Å². The summed E-state index contributed by atoms with van der Waals surface area (Å²) < 4.78 is 37.8. The van der Waals surface area contributed by atoms with Crippen molar-refractivity contribution in [1.29, 1.82) is 5.26 Å². The van der Waals surface area contributed by atoms with Crippen molar-refractivity contribution in [3.05, 3.63) is 58.6 Å². The summed E-state index contributed by atoms with van der Waals surface area (Å²) in [5, 5.41) is 8.97. The Labute approximate surface area is 112 Å². The van der Waals surface area contributed by atoms with E-state index < -0.39 is 11.7 Å². The molecule has 0 N–H and O–H groups in total. The molecule has 1 nitrogen and oxygen atoms in total. The molecule has 2 aromatic rings. The second-order valence-corrected chi connectivity index (χ2v) is 4.29. The van der Waals surface area contributed by atoms with E-state index in [0.717, 1.165) is 12.1 Å². The van der Waals surface area contributed by atoms with Crippen LogP contribution in [-0.4, -0.2) is 0 Å². The molecule has 0 heterocycles. The summed E-state index contributed by atoms with van der Waals surface area (Å²) >= 11 is 5.86. The summed E-state index contributed by atoms with van der Waals surface area (Å²) in [7, 11) is 0. The summed E-state index contributed by atoms with van der Waals surface area (Å²) in [4.78, 5) is 0. The Morgan fingerprint density at radius 1 is 1.00 bits per heavy atom. The summed E-state index contributed by atoms with van der Waals surface area (Å²) in [5.74, 6) is 0. The molecule has 2 aromatic carbocycles. The normalized spacial score (nSPS) is 11.1. The first-order valence-corrected chi connectivity index (χ1v) is 5.67. The lowest BCUT2D eigenvalue weighted by Gasteiger charge is -2.09. The molecule has 2 rings (SSSR count). The fraction of sp³-hybridized carbons (Fsp3) is 0.0714. The topological polar surface area (TPSA) is 23.8 Å². The quantitative estimate of drug-likeness (QED) is 0.729. The first-order chi connectivity index (χ1) is 8.91. The van der Waals surface area contributed by atoms with E-state index in [1.165, 1.54) is 18.2 Å². The molecule has 0 aromatic heterocycles. The number of hydrogen-bond donors (Lipinski definition) is 0. The van der Waals surface area contributed by atoms with E-state index >= 15 is 0 Å². The third kappa shape index (κ3) is 2.88. The minimum absolute atomic E-state index is 0.220. The zero-order chi connectivity index (χ0) is 14.0. The van der Waals surface area contributed by atoms with Crippen LogP contribution in [0.2, 0.25) is 5.02 Å². The smallest absolute Gasteiger partial charge is 0.192 e. The minimum Gasteiger partial charge on any atom is -0.192 e. The van der Waals surface area contributed by atoms with E-state index in [9.17, 15) is 13.2 Å². The molecule has 0 fully saturated rings. The third-order valence-corrected chi connectivity index (χ3v) is 2.93. The van der Waals surface area contributed by atoms with E-state index in [2.05, 4.69) is 0 Å². The Kier molecular flexibility index (Phi) is 3.50. The SMILES string of the molecule is N#Cc1ccc(-c2cccc(C(F)(F)F)c2)cc1Cl. The molecule has 5 heteroatoms. The fourth-order valence-electron chi connectivity index (χ4n) is 1.66. The molecule has 0 spiro atoms. The molecule has 0 atom stereocenters. The highest BCUT2D eigenvalue weighted by molar-refractivity contribution is 6.32. The fourth-order valence-corrected chi connectivity index (χ4v) is 1.88. The van der Waals surface area contributed by atoms with E-state index in [1.54, 1.807) is 12.1 Å². The van der Waals surface area contributed by atoms with Gasteiger partial charge in [0.05, 0.1) is 16.1 Å². The first-order valence-electron chi connectivity index (χ1n) is 5.29. The van der Waals surface area contributed by atoms with Crippen molar-refractivity contribution in [3.8, 4) is 17.2 Å². The Balaban J connectivity index is 2.48. The van der Waals surface area contributed by atoms with E-state index in [1.807, 2.05) is 6.07 Å². The molecule has 0 amide bonds. The van der Waals surface area contributed by atoms with Crippen molar-refractivity contribution < 1.29 is 13.2 Å². The molecule has 0 radical (unpaired) electrons. The highest BCUT2D eigenvalue weighted by Crippen LogP contribution is 2.33. The molecule has 0 aliphatic rings. The van der Waals surface area contributed by atoms with E-state index in [-0.39, 0.29) is 10.6 Å². The number of nitriles is 1. The number of nitrogens with zero attached hydrogens (tertiary/aromatic N) is 1. The average molecular weight is 282 g/mol. The lowest BCUT2D eigenvalue weighted by atomic mass is 10.0. The number of hydrogen-bond acceptors (Lipinski definition) is 1. The van der Waals surface area contributed by atoms with E-state index in [0.29, 0.717) is 11.1 Å². The van der Waals surface area contributed by atoms with Crippen LogP contribution in [-0.2, 0) is 6.18 Å². The van der Waals surface area contributed by atoms with Gasteiger partial charge in [-0.3, -0.25) is 0 Å². The van der Waals surface area contributed by atoms with Crippen molar-refractivity contribution in [2.24, 2.45) is 0 Å². The molecule has 0 bridgehead atoms. The van der Waals surface area contributed by atoms with Gasteiger partial charge in [0.15, 0.2) is 0 Å². The van der Waals surface area contributed by atoms with Crippen molar-refractivity contribution >= 4 is 11.6 Å². The van der Waals surface area contributed by atoms with Crippen molar-refractivity contribution in [3.63, 3.8) is 0 Å². The maximum Gasteiger partial charge on any atom is 0.416 e. The van der Waals surface area contributed by atoms with Gasteiger partial charge in [-0.05, 0) is 35.4 Å². The van der Waals surface area contributed by atoms with Gasteiger partial charge >= 0.3 is 6.18 Å². The van der Waals surface area contributed by atoms with Crippen molar-refractivity contribution in [1.82, 2.24) is 0 Å². The summed E-state index contributed by atoms with van der Waals surface area (Å²) in [5.41, 5.74) is 0.513. The molecule has 0 aliphatic carbocycles. The average Bonchev–Trinajstić information content (AvgIpc) is 2.38. The lowest BCUT2D eigenvalue weighted by Crippen LogP contribution is -2.04. The van der Waals surface area contributed by atoms with Crippen LogP contribution < -0.4 is 0 Å². The van der Waals surface area contributed by atoms with Crippen LogP contribution in [0.25, 0.3) is 11.1 Å². The monoisotopic (exact) mass is 281 g/mol. The molecule has 19 heavy (non-hydrogen) atoms. The van der Waals surface area contributed by atoms with Gasteiger partial charge in [0.25, 0.3) is 0 Å². The molecule has 0 saturated carbocycles. The molecule has 96 valence electrons. The molecule has 0 aliphatic heterocycles. The predicted molar refractivity (Wildman–Crippen MR) is 66.6 cm³/mol. The van der Waals surface area contributed by atoms with Gasteiger partial charge in [-0.25, -0.2) is 0 Å². The zero-order valence-electron chi connectivity index (χ0n) is 9.50. The van der Waals surface area contributed by atoms with Crippen molar-refractivity contribution in [2.45, 2.75) is 6.18 Å². The zero-order valence-corrected chi connectivity index (χ0v) is 10.3. The number of halogens is 4. The standard InChI is InChI=1S/C14H7ClF3N/c15-13-7-10(4-5-11(13)8-19)9-2-1-3-12(6-9)14(16,17)18/h1-7H. The maximum atomic E-state index is 12.6. The third-order valence-electron chi connectivity index (χ3n) is 2.61. The van der Waals surface area contributed by atoms with Crippen molar-refractivity contribution in [2.75, 3.05) is 0 Å². The summed E-state index contributed by atoms with van der Waals surface area (Å²) in [6, 6.07) is 11.4. The van der Waals surface area contributed by atoms with Crippen LogP contribution in [0.15, 0.2) is 42.5 Å². The highest BCUT2D eigenvalue weighted by atomic mass is 35.5. The van der Waals surface area contributed by atoms with Gasteiger partial charge < -0.3 is 0 Å². The van der Waals surface area contributed by atoms with Crippen LogP contribution in [0.3, 0.4) is 0 Å². The number of benzene rings is 2. The second-order valence-electron chi connectivity index (χ2n) is 3.88. The van der Waals surface area contributed by atoms with Crippen LogP contribution in [0.4, 0.5) is 13.2 Å². The Morgan fingerprint density at radius 3 is 2.26 bits per heavy atom. The molecule has 0 saturated heterocycles.